The van der Waals surface area contributed by atoms with E-state index in [0.717, 1.165) is 0 Å². The molecule has 0 aliphatic rings. The van der Waals surface area contributed by atoms with E-state index in [1.165, 1.54) is 0 Å². The van der Waals surface area contributed by atoms with E-state index in [2.05, 4.69) is 25.3 Å². The zero-order valence-electron chi connectivity index (χ0n) is 5.47. The van der Waals surface area contributed by atoms with Crippen LogP contribution >= 0.6 is 25.3 Å². The van der Waals surface area contributed by atoms with Gasteiger partial charge in [0.25, 0.3) is 0 Å². The van der Waals surface area contributed by atoms with Crippen molar-refractivity contribution in [3.8, 4) is 0 Å². The fourth-order valence-electron chi connectivity index (χ4n) is 0.270. The summed E-state index contributed by atoms with van der Waals surface area (Å²) in [4.78, 5) is 20.1. The van der Waals surface area contributed by atoms with Crippen LogP contribution in [0.25, 0.3) is 0 Å². The third-order valence-corrected chi connectivity index (χ3v) is 2.08. The minimum atomic E-state index is -1.29. The molecule has 0 saturated heterocycles. The summed E-state index contributed by atoms with van der Waals surface area (Å²) in [5.41, 5.74) is 0. The zero-order valence-corrected chi connectivity index (χ0v) is 11.3. The predicted octanol–water partition coefficient (Wildman–Crippen LogP) is -1.16. The molecule has 7 heteroatoms. The molecule has 0 aliphatic heterocycles. The van der Waals surface area contributed by atoms with Gasteiger partial charge in [-0.2, -0.15) is 25.3 Å². The Balaban J connectivity index is 0. The molecule has 0 saturated carbocycles. The van der Waals surface area contributed by atoms with Gasteiger partial charge >= 0.3 is 35.8 Å². The number of carboxylic acid groups (broad SMARTS) is 2. The van der Waals surface area contributed by atoms with Crippen LogP contribution in [0.4, 0.5) is 0 Å². The second kappa shape index (κ2) is 6.01. The van der Waals surface area contributed by atoms with Crippen LogP contribution in [0.15, 0.2) is 0 Å². The molecule has 0 aromatic rings. The van der Waals surface area contributed by atoms with Crippen molar-refractivity contribution in [3.63, 3.8) is 0 Å². The fraction of sp³-hybridized carbons (Fsp3) is 0.500. The number of carbonyl (C=O) groups is 2. The van der Waals surface area contributed by atoms with Crippen molar-refractivity contribution in [2.75, 3.05) is 0 Å². The van der Waals surface area contributed by atoms with E-state index in [9.17, 15) is 9.59 Å². The SMILES string of the molecule is O=C(O)C(S)C(S)C(=O)O.[SnH2]. The Bertz CT molecular complexity index is 144. The van der Waals surface area contributed by atoms with Gasteiger partial charge in [-0.05, 0) is 0 Å². The fourth-order valence-corrected chi connectivity index (χ4v) is 0.525. The number of hydrogen-bond donors (Lipinski definition) is 4. The van der Waals surface area contributed by atoms with Crippen molar-refractivity contribution in [2.45, 2.75) is 10.5 Å². The Morgan fingerprint density at radius 1 is 1.00 bits per heavy atom. The van der Waals surface area contributed by atoms with Gasteiger partial charge in [-0.1, -0.05) is 0 Å². The van der Waals surface area contributed by atoms with Gasteiger partial charge < -0.3 is 10.2 Å². The van der Waals surface area contributed by atoms with Crippen molar-refractivity contribution in [1.29, 1.82) is 0 Å². The van der Waals surface area contributed by atoms with E-state index < -0.39 is 22.4 Å². The average molecular weight is 303 g/mol. The van der Waals surface area contributed by atoms with Crippen LogP contribution < -0.4 is 0 Å². The van der Waals surface area contributed by atoms with Crippen molar-refractivity contribution >= 4 is 61.1 Å². The summed E-state index contributed by atoms with van der Waals surface area (Å²) in [6, 6.07) is 0. The van der Waals surface area contributed by atoms with Gasteiger partial charge in [-0.3, -0.25) is 9.59 Å². The van der Waals surface area contributed by atoms with Gasteiger partial charge in [0.15, 0.2) is 0 Å². The summed E-state index contributed by atoms with van der Waals surface area (Å²) >= 11 is 7.00. The molecule has 0 spiro atoms. The molecule has 2 atom stereocenters. The Kier molecular flexibility index (Phi) is 7.64. The third kappa shape index (κ3) is 4.80. The molecule has 2 N–H and O–H groups in total. The number of thiol groups is 2. The molecular weight excluding hydrogens is 295 g/mol. The first-order valence-electron chi connectivity index (χ1n) is 2.28. The van der Waals surface area contributed by atoms with Crippen LogP contribution in [0, 0.1) is 0 Å². The summed E-state index contributed by atoms with van der Waals surface area (Å²) in [7, 11) is 0. The number of aliphatic carboxylic acids is 2. The summed E-state index contributed by atoms with van der Waals surface area (Å²) in [5.74, 6) is -2.57. The minimum absolute atomic E-state index is 0. The summed E-state index contributed by atoms with van der Waals surface area (Å²) in [6.45, 7) is 0. The molecule has 4 nitrogen and oxygen atoms in total. The van der Waals surface area contributed by atoms with E-state index in [-0.39, 0.29) is 23.9 Å². The molecule has 0 aromatic heterocycles. The molecule has 0 aliphatic carbocycles. The van der Waals surface area contributed by atoms with E-state index >= 15 is 0 Å². The van der Waals surface area contributed by atoms with Crippen molar-refractivity contribution in [3.05, 3.63) is 0 Å². The molecule has 0 rings (SSSR count). The summed E-state index contributed by atoms with van der Waals surface area (Å²) < 4.78 is 0. The Hall–Kier alpha value is 0.439. The van der Waals surface area contributed by atoms with Gasteiger partial charge in [-0.15, -0.1) is 0 Å². The van der Waals surface area contributed by atoms with Gasteiger partial charge in [0, 0.05) is 0 Å². The molecule has 11 heavy (non-hydrogen) atoms. The van der Waals surface area contributed by atoms with Crippen LogP contribution in [-0.4, -0.2) is 56.6 Å². The summed E-state index contributed by atoms with van der Waals surface area (Å²) in [6.07, 6.45) is 0. The first-order chi connectivity index (χ1) is 4.46. The first-order valence-corrected chi connectivity index (χ1v) is 3.32. The first kappa shape index (κ1) is 14.0. The van der Waals surface area contributed by atoms with E-state index in [0.29, 0.717) is 0 Å². The molecule has 0 aromatic carbocycles. The van der Waals surface area contributed by atoms with E-state index in [1.807, 2.05) is 0 Å². The molecule has 2 radical (unpaired) electrons. The molecule has 0 bridgehead atoms. The maximum atomic E-state index is 10.1. The van der Waals surface area contributed by atoms with E-state index in [4.69, 9.17) is 10.2 Å². The van der Waals surface area contributed by atoms with Crippen molar-refractivity contribution in [2.24, 2.45) is 0 Å². The second-order valence-corrected chi connectivity index (χ2v) is 2.68. The van der Waals surface area contributed by atoms with Crippen LogP contribution in [0.2, 0.25) is 0 Å². The topological polar surface area (TPSA) is 74.6 Å². The standard InChI is InChI=1S/C4H6O4S2.Sn.2H/c5-3(6)1(9)2(10)4(7)8;;;/h1-2,9-10H,(H,5,6)(H,7,8);;;. The van der Waals surface area contributed by atoms with Gasteiger partial charge in [0.05, 0.1) is 0 Å². The number of carboxylic acids is 2. The molecule has 2 unspecified atom stereocenters. The number of hydrogen-bond acceptors (Lipinski definition) is 4. The van der Waals surface area contributed by atoms with Crippen molar-refractivity contribution < 1.29 is 19.8 Å². The summed E-state index contributed by atoms with van der Waals surface area (Å²) in [5, 5.41) is 13.9. The van der Waals surface area contributed by atoms with E-state index in [1.54, 1.807) is 0 Å². The molecule has 0 amide bonds. The molecular formula is C4H8O4S2Sn. The van der Waals surface area contributed by atoms with Crippen LogP contribution in [0.3, 0.4) is 0 Å². The average Bonchev–Trinajstić information content (AvgIpc) is 1.84. The Morgan fingerprint density at radius 3 is 1.27 bits per heavy atom. The van der Waals surface area contributed by atoms with Gasteiger partial charge in [0.1, 0.15) is 10.5 Å². The Morgan fingerprint density at radius 2 is 1.18 bits per heavy atom. The van der Waals surface area contributed by atoms with Crippen LogP contribution in [0.1, 0.15) is 0 Å². The number of rotatable bonds is 3. The van der Waals surface area contributed by atoms with Gasteiger partial charge in [-0.25, -0.2) is 0 Å². The molecule has 0 heterocycles. The van der Waals surface area contributed by atoms with Crippen LogP contribution in [0.5, 0.6) is 0 Å². The predicted molar refractivity (Wildman–Crippen MR) is 49.4 cm³/mol. The molecule has 0 fully saturated rings. The monoisotopic (exact) mass is 304 g/mol. The zero-order chi connectivity index (χ0) is 8.31. The Labute approximate surface area is 91.1 Å². The quantitative estimate of drug-likeness (QED) is 0.392. The second-order valence-electron chi connectivity index (χ2n) is 1.57. The maximum absolute atomic E-state index is 10.1. The van der Waals surface area contributed by atoms with Crippen molar-refractivity contribution in [1.82, 2.24) is 0 Å². The van der Waals surface area contributed by atoms with Gasteiger partial charge in [0.2, 0.25) is 0 Å². The molecule has 64 valence electrons. The third-order valence-electron chi connectivity index (χ3n) is 0.805. The van der Waals surface area contributed by atoms with Crippen LogP contribution in [-0.2, 0) is 9.59 Å². The normalized spacial score (nSPS) is 14.4.